The highest BCUT2D eigenvalue weighted by molar-refractivity contribution is 7.89. The Bertz CT molecular complexity index is 958. The van der Waals surface area contributed by atoms with E-state index in [1.807, 2.05) is 13.1 Å². The number of unbranched alkanes of at least 4 members (excludes halogenated alkanes) is 1. The number of sulfonamides is 1. The first kappa shape index (κ1) is 26.5. The minimum absolute atomic E-state index is 0.0230. The molecular formula is C23H33F3N4O3S. The van der Waals surface area contributed by atoms with Gasteiger partial charge in [-0.25, -0.2) is 13.4 Å². The zero-order chi connectivity index (χ0) is 24.6. The molecule has 0 aliphatic carbocycles. The van der Waals surface area contributed by atoms with E-state index in [9.17, 15) is 21.6 Å². The number of aromatic amines is 1. The van der Waals surface area contributed by atoms with Crippen molar-refractivity contribution in [3.63, 3.8) is 0 Å². The third-order valence-corrected chi connectivity index (χ3v) is 7.94. The van der Waals surface area contributed by atoms with Crippen molar-refractivity contribution in [1.82, 2.24) is 19.2 Å². The van der Waals surface area contributed by atoms with Crippen LogP contribution in [0.25, 0.3) is 0 Å². The predicted octanol–water partition coefficient (Wildman–Crippen LogP) is 4.44. The standard InChI is InChI=1S/C23H33F3N4O3S/c1-2-12-30(34(31,32)22-8-6-21(7-9-22)33-23(24,25)26)17-19-10-14-29(15-11-19)13-4-3-5-20-16-27-18-28-20/h6-9,16,18-19H,2-5,10-15,17H2,1H3,(H,27,28). The quantitative estimate of drug-likeness (QED) is 0.434. The number of likely N-dealkylation sites (tertiary alicyclic amines) is 1. The van der Waals surface area contributed by atoms with Crippen LogP contribution >= 0.6 is 0 Å². The molecule has 0 bridgehead atoms. The zero-order valence-electron chi connectivity index (χ0n) is 19.4. The molecule has 1 N–H and O–H groups in total. The molecule has 2 heterocycles. The normalized spacial score (nSPS) is 16.3. The maximum Gasteiger partial charge on any atom is 0.573 e. The monoisotopic (exact) mass is 502 g/mol. The molecule has 34 heavy (non-hydrogen) atoms. The number of H-pyrrole nitrogens is 1. The number of hydrogen-bond donors (Lipinski definition) is 1. The Morgan fingerprint density at radius 3 is 2.47 bits per heavy atom. The first-order chi connectivity index (χ1) is 16.2. The summed E-state index contributed by atoms with van der Waals surface area (Å²) in [4.78, 5) is 9.55. The number of nitrogens with zero attached hydrogens (tertiary/aromatic N) is 3. The molecule has 1 aliphatic rings. The topological polar surface area (TPSA) is 78.5 Å². The maximum atomic E-state index is 13.2. The van der Waals surface area contributed by atoms with E-state index in [1.54, 1.807) is 6.33 Å². The Kier molecular flexibility index (Phi) is 9.38. The summed E-state index contributed by atoms with van der Waals surface area (Å²) in [5.74, 6) is -0.180. The molecule has 190 valence electrons. The summed E-state index contributed by atoms with van der Waals surface area (Å²) in [7, 11) is -3.80. The molecule has 11 heteroatoms. The van der Waals surface area contributed by atoms with Gasteiger partial charge in [-0.3, -0.25) is 0 Å². The molecule has 1 aromatic heterocycles. The van der Waals surface area contributed by atoms with Crippen molar-refractivity contribution >= 4 is 10.0 Å². The molecule has 0 amide bonds. The summed E-state index contributed by atoms with van der Waals surface area (Å²) in [5.41, 5.74) is 1.15. The van der Waals surface area contributed by atoms with E-state index < -0.39 is 22.1 Å². The van der Waals surface area contributed by atoms with E-state index in [2.05, 4.69) is 19.6 Å². The lowest BCUT2D eigenvalue weighted by atomic mass is 9.96. The van der Waals surface area contributed by atoms with Crippen LogP contribution in [-0.2, 0) is 16.4 Å². The Morgan fingerprint density at radius 2 is 1.88 bits per heavy atom. The Labute approximate surface area is 199 Å². The van der Waals surface area contributed by atoms with E-state index in [4.69, 9.17) is 0 Å². The first-order valence-electron chi connectivity index (χ1n) is 11.7. The largest absolute Gasteiger partial charge is 0.573 e. The molecule has 1 aliphatic heterocycles. The molecule has 0 spiro atoms. The number of alkyl halides is 3. The molecule has 3 rings (SSSR count). The van der Waals surface area contributed by atoms with Gasteiger partial charge in [0.1, 0.15) is 5.75 Å². The van der Waals surface area contributed by atoms with Gasteiger partial charge in [0, 0.05) is 25.0 Å². The number of aryl methyl sites for hydroxylation is 1. The van der Waals surface area contributed by atoms with Gasteiger partial charge in [-0.05, 0) is 88.3 Å². The molecule has 0 saturated carbocycles. The molecule has 1 saturated heterocycles. The van der Waals surface area contributed by atoms with Gasteiger partial charge in [-0.2, -0.15) is 4.31 Å². The molecule has 1 aromatic carbocycles. The third kappa shape index (κ3) is 7.99. The van der Waals surface area contributed by atoms with Crippen molar-refractivity contribution in [3.8, 4) is 5.75 Å². The van der Waals surface area contributed by atoms with E-state index >= 15 is 0 Å². The van der Waals surface area contributed by atoms with Crippen LogP contribution in [0.5, 0.6) is 5.75 Å². The lowest BCUT2D eigenvalue weighted by molar-refractivity contribution is -0.274. The van der Waals surface area contributed by atoms with Crippen LogP contribution in [0.4, 0.5) is 13.2 Å². The third-order valence-electron chi connectivity index (χ3n) is 6.06. The molecule has 2 aromatic rings. The summed E-state index contributed by atoms with van der Waals surface area (Å²) in [6.45, 7) is 5.62. The minimum atomic E-state index is -4.82. The number of nitrogens with one attached hydrogen (secondary N) is 1. The van der Waals surface area contributed by atoms with Crippen molar-refractivity contribution in [2.75, 3.05) is 32.7 Å². The van der Waals surface area contributed by atoms with Crippen LogP contribution in [0.1, 0.15) is 44.7 Å². The number of ether oxygens (including phenoxy) is 1. The highest BCUT2D eigenvalue weighted by atomic mass is 32.2. The van der Waals surface area contributed by atoms with E-state index in [-0.39, 0.29) is 10.8 Å². The summed E-state index contributed by atoms with van der Waals surface area (Å²) in [6, 6.07) is 4.42. The van der Waals surface area contributed by atoms with E-state index in [0.717, 1.165) is 69.6 Å². The van der Waals surface area contributed by atoms with Crippen LogP contribution in [0, 0.1) is 5.92 Å². The van der Waals surface area contributed by atoms with Gasteiger partial charge in [0.25, 0.3) is 0 Å². The maximum absolute atomic E-state index is 13.2. The SMILES string of the molecule is CCCN(CC1CCN(CCCCc2cnc[nH]2)CC1)S(=O)(=O)c1ccc(OC(F)(F)F)cc1. The summed E-state index contributed by atoms with van der Waals surface area (Å²) < 4.78 is 68.8. The predicted molar refractivity (Wildman–Crippen MR) is 123 cm³/mol. The van der Waals surface area contributed by atoms with Crippen molar-refractivity contribution in [2.45, 2.75) is 56.7 Å². The average Bonchev–Trinajstić information content (AvgIpc) is 3.30. The highest BCUT2D eigenvalue weighted by Gasteiger charge is 2.32. The van der Waals surface area contributed by atoms with Gasteiger partial charge in [0.15, 0.2) is 0 Å². The molecule has 1 fully saturated rings. The van der Waals surface area contributed by atoms with Crippen molar-refractivity contribution < 1.29 is 26.3 Å². The highest BCUT2D eigenvalue weighted by Crippen LogP contribution is 2.27. The number of halogens is 3. The van der Waals surface area contributed by atoms with Crippen LogP contribution in [-0.4, -0.2) is 66.7 Å². The summed E-state index contributed by atoms with van der Waals surface area (Å²) in [6.07, 6.45) is 4.43. The number of benzene rings is 1. The fourth-order valence-electron chi connectivity index (χ4n) is 4.27. The molecule has 0 unspecified atom stereocenters. The summed E-state index contributed by atoms with van der Waals surface area (Å²) >= 11 is 0. The van der Waals surface area contributed by atoms with Gasteiger partial charge in [0.2, 0.25) is 10.0 Å². The van der Waals surface area contributed by atoms with Gasteiger partial charge < -0.3 is 14.6 Å². The average molecular weight is 503 g/mol. The van der Waals surface area contributed by atoms with Crippen molar-refractivity contribution in [3.05, 3.63) is 42.5 Å². The zero-order valence-corrected chi connectivity index (χ0v) is 20.2. The Hall–Kier alpha value is -2.11. The van der Waals surface area contributed by atoms with Crippen LogP contribution < -0.4 is 4.74 Å². The molecule has 0 atom stereocenters. The van der Waals surface area contributed by atoms with Gasteiger partial charge in [-0.1, -0.05) is 6.92 Å². The van der Waals surface area contributed by atoms with Gasteiger partial charge in [0.05, 0.1) is 11.2 Å². The van der Waals surface area contributed by atoms with Crippen LogP contribution in [0.2, 0.25) is 0 Å². The second kappa shape index (κ2) is 12.0. The minimum Gasteiger partial charge on any atom is -0.406 e. The van der Waals surface area contributed by atoms with Crippen LogP contribution in [0.3, 0.4) is 0 Å². The van der Waals surface area contributed by atoms with Crippen molar-refractivity contribution in [2.24, 2.45) is 5.92 Å². The number of piperidine rings is 1. The lowest BCUT2D eigenvalue weighted by Gasteiger charge is -2.34. The van der Waals surface area contributed by atoms with Gasteiger partial charge in [-0.15, -0.1) is 13.2 Å². The second-order valence-electron chi connectivity index (χ2n) is 8.70. The molecule has 0 radical (unpaired) electrons. The first-order valence-corrected chi connectivity index (χ1v) is 13.2. The molecule has 7 nitrogen and oxygen atoms in total. The van der Waals surface area contributed by atoms with Crippen LogP contribution in [0.15, 0.2) is 41.7 Å². The fourth-order valence-corrected chi connectivity index (χ4v) is 5.88. The fraction of sp³-hybridized carbons (Fsp3) is 0.609. The van der Waals surface area contributed by atoms with Crippen molar-refractivity contribution in [1.29, 1.82) is 0 Å². The Morgan fingerprint density at radius 1 is 1.18 bits per heavy atom. The summed E-state index contributed by atoms with van der Waals surface area (Å²) in [5, 5.41) is 0. The molecular weight excluding hydrogens is 469 g/mol. The second-order valence-corrected chi connectivity index (χ2v) is 10.6. The lowest BCUT2D eigenvalue weighted by Crippen LogP contribution is -2.41. The number of hydrogen-bond acceptors (Lipinski definition) is 5. The van der Waals surface area contributed by atoms with Gasteiger partial charge >= 0.3 is 6.36 Å². The number of imidazole rings is 1. The van der Waals surface area contributed by atoms with E-state index in [0.29, 0.717) is 19.5 Å². The number of rotatable bonds is 12. The smallest absolute Gasteiger partial charge is 0.406 e. The Balaban J connectivity index is 1.49. The number of aromatic nitrogens is 2. The van der Waals surface area contributed by atoms with E-state index in [1.165, 1.54) is 16.4 Å².